The van der Waals surface area contributed by atoms with E-state index in [1.807, 2.05) is 20.0 Å². The van der Waals surface area contributed by atoms with Crippen LogP contribution < -0.4 is 0 Å². The summed E-state index contributed by atoms with van der Waals surface area (Å²) in [5.41, 5.74) is 2.58. The van der Waals surface area contributed by atoms with Crippen LogP contribution in [0.25, 0.3) is 0 Å². The number of hydrogen-bond acceptors (Lipinski definition) is 2. The lowest BCUT2D eigenvalue weighted by atomic mass is 10.3. The molecule has 0 amide bonds. The summed E-state index contributed by atoms with van der Waals surface area (Å²) in [6.07, 6.45) is 3.32. The Labute approximate surface area is 58.8 Å². The van der Waals surface area contributed by atoms with Gasteiger partial charge in [0, 0.05) is 11.9 Å². The van der Waals surface area contributed by atoms with Crippen LogP contribution in [0.4, 0.5) is 5.69 Å². The lowest BCUT2D eigenvalue weighted by molar-refractivity contribution is 0.565. The maximum absolute atomic E-state index is 9.87. The first-order valence-electron chi connectivity index (χ1n) is 2.98. The van der Waals surface area contributed by atoms with E-state index in [-0.39, 0.29) is 0 Å². The largest absolute Gasteiger partial charge is 0.363 e. The summed E-state index contributed by atoms with van der Waals surface area (Å²) in [4.78, 5) is 16.3. The van der Waals surface area contributed by atoms with E-state index in [4.69, 9.17) is 0 Å². The number of isocyanates is 1. The van der Waals surface area contributed by atoms with E-state index in [9.17, 15) is 4.79 Å². The molecule has 3 heteroatoms. The monoisotopic (exact) mass is 136 g/mol. The Morgan fingerprint density at radius 1 is 1.60 bits per heavy atom. The van der Waals surface area contributed by atoms with E-state index in [0.717, 1.165) is 11.3 Å². The predicted molar refractivity (Wildman–Crippen MR) is 38.0 cm³/mol. The van der Waals surface area contributed by atoms with Crippen molar-refractivity contribution >= 4 is 11.8 Å². The number of hydrogen-bond donors (Lipinski definition) is 1. The highest BCUT2D eigenvalue weighted by Gasteiger charge is 2.00. The summed E-state index contributed by atoms with van der Waals surface area (Å²) in [5.74, 6) is 0. The van der Waals surface area contributed by atoms with Crippen molar-refractivity contribution in [1.29, 1.82) is 0 Å². The van der Waals surface area contributed by atoms with Gasteiger partial charge in [0.15, 0.2) is 0 Å². The molecule has 0 aliphatic rings. The second-order valence-electron chi connectivity index (χ2n) is 2.15. The van der Waals surface area contributed by atoms with Crippen LogP contribution in [0.3, 0.4) is 0 Å². The Kier molecular flexibility index (Phi) is 1.69. The molecule has 0 saturated heterocycles. The molecule has 0 atom stereocenters. The lowest BCUT2D eigenvalue weighted by Gasteiger charge is -1.86. The molecule has 0 spiro atoms. The van der Waals surface area contributed by atoms with Gasteiger partial charge in [0.25, 0.3) is 0 Å². The van der Waals surface area contributed by atoms with Crippen LogP contribution in [0.15, 0.2) is 11.2 Å². The highest BCUT2D eigenvalue weighted by molar-refractivity contribution is 5.56. The highest BCUT2D eigenvalue weighted by atomic mass is 16.1. The molecule has 52 valence electrons. The number of H-pyrrole nitrogens is 1. The van der Waals surface area contributed by atoms with Gasteiger partial charge in [-0.25, -0.2) is 4.79 Å². The first kappa shape index (κ1) is 6.78. The average Bonchev–Trinajstić information content (AvgIpc) is 2.20. The van der Waals surface area contributed by atoms with Crippen LogP contribution in [0.5, 0.6) is 0 Å². The van der Waals surface area contributed by atoms with Crippen LogP contribution >= 0.6 is 0 Å². The fraction of sp³-hybridized carbons (Fsp3) is 0.286. The zero-order valence-electron chi connectivity index (χ0n) is 5.93. The number of aromatic amines is 1. The molecular formula is C7H8N2O. The highest BCUT2D eigenvalue weighted by Crippen LogP contribution is 2.20. The van der Waals surface area contributed by atoms with Crippen molar-refractivity contribution in [2.45, 2.75) is 13.8 Å². The van der Waals surface area contributed by atoms with Crippen molar-refractivity contribution in [3.05, 3.63) is 17.5 Å². The summed E-state index contributed by atoms with van der Waals surface area (Å²) in [6.45, 7) is 3.75. The number of aromatic nitrogens is 1. The van der Waals surface area contributed by atoms with Crippen LogP contribution in [-0.4, -0.2) is 11.1 Å². The quantitative estimate of drug-likeness (QED) is 0.462. The van der Waals surface area contributed by atoms with Crippen molar-refractivity contribution < 1.29 is 4.79 Å². The smallest absolute Gasteiger partial charge is 0.240 e. The number of rotatable bonds is 1. The summed E-state index contributed by atoms with van der Waals surface area (Å²) >= 11 is 0. The zero-order chi connectivity index (χ0) is 7.56. The minimum absolute atomic E-state index is 0.704. The van der Waals surface area contributed by atoms with Gasteiger partial charge in [-0.15, -0.1) is 0 Å². The molecule has 0 aromatic carbocycles. The van der Waals surface area contributed by atoms with Crippen LogP contribution in [0.1, 0.15) is 11.3 Å². The minimum Gasteiger partial charge on any atom is -0.363 e. The van der Waals surface area contributed by atoms with Crippen LogP contribution in [0.2, 0.25) is 0 Å². The van der Waals surface area contributed by atoms with E-state index < -0.39 is 0 Å². The molecule has 1 N–H and O–H groups in total. The number of nitrogens with zero attached hydrogens (tertiary/aromatic N) is 1. The van der Waals surface area contributed by atoms with Gasteiger partial charge in [0.2, 0.25) is 6.08 Å². The van der Waals surface area contributed by atoms with Crippen molar-refractivity contribution in [3.63, 3.8) is 0 Å². The van der Waals surface area contributed by atoms with Crippen LogP contribution in [0, 0.1) is 13.8 Å². The van der Waals surface area contributed by atoms with E-state index in [2.05, 4.69) is 9.98 Å². The maximum Gasteiger partial charge on any atom is 0.240 e. The Bertz CT molecular complexity index is 262. The molecule has 0 radical (unpaired) electrons. The first-order valence-corrected chi connectivity index (χ1v) is 2.98. The second kappa shape index (κ2) is 2.50. The van der Waals surface area contributed by atoms with Gasteiger partial charge in [-0.05, 0) is 19.4 Å². The van der Waals surface area contributed by atoms with Gasteiger partial charge in [0.05, 0.1) is 5.69 Å². The van der Waals surface area contributed by atoms with Crippen molar-refractivity contribution in [3.8, 4) is 0 Å². The molecule has 1 aromatic heterocycles. The fourth-order valence-electron chi connectivity index (χ4n) is 0.867. The van der Waals surface area contributed by atoms with Crippen molar-refractivity contribution in [1.82, 2.24) is 4.98 Å². The molecule has 1 heterocycles. The number of aryl methyl sites for hydroxylation is 2. The van der Waals surface area contributed by atoms with Crippen molar-refractivity contribution in [2.24, 2.45) is 4.99 Å². The second-order valence-corrected chi connectivity index (χ2v) is 2.15. The van der Waals surface area contributed by atoms with E-state index in [0.29, 0.717) is 5.69 Å². The van der Waals surface area contributed by atoms with E-state index >= 15 is 0 Å². The standard InChI is InChI=1S/C7H8N2O/c1-5-3-8-6(2)7(5)9-4-10/h3,8H,1-2H3. The van der Waals surface area contributed by atoms with E-state index in [1.165, 1.54) is 6.08 Å². The van der Waals surface area contributed by atoms with Gasteiger partial charge in [-0.2, -0.15) is 4.99 Å². The van der Waals surface area contributed by atoms with Gasteiger partial charge in [0.1, 0.15) is 0 Å². The number of nitrogens with one attached hydrogen (secondary N) is 1. The van der Waals surface area contributed by atoms with Gasteiger partial charge >= 0.3 is 0 Å². The molecule has 0 bridgehead atoms. The number of carbonyl (C=O) groups excluding carboxylic acids is 1. The third kappa shape index (κ3) is 0.993. The summed E-state index contributed by atoms with van der Waals surface area (Å²) in [5, 5.41) is 0. The zero-order valence-corrected chi connectivity index (χ0v) is 5.93. The van der Waals surface area contributed by atoms with Gasteiger partial charge < -0.3 is 4.98 Å². The Hall–Kier alpha value is -1.34. The summed E-state index contributed by atoms with van der Waals surface area (Å²) < 4.78 is 0. The molecule has 1 rings (SSSR count). The molecule has 10 heavy (non-hydrogen) atoms. The third-order valence-electron chi connectivity index (χ3n) is 1.39. The fourth-order valence-corrected chi connectivity index (χ4v) is 0.867. The Morgan fingerprint density at radius 2 is 2.30 bits per heavy atom. The third-order valence-corrected chi connectivity index (χ3v) is 1.39. The topological polar surface area (TPSA) is 45.2 Å². The molecular weight excluding hydrogens is 128 g/mol. The molecule has 0 unspecified atom stereocenters. The number of aliphatic imine (C=N–C) groups is 1. The predicted octanol–water partition coefficient (Wildman–Crippen LogP) is 1.60. The van der Waals surface area contributed by atoms with E-state index in [1.54, 1.807) is 0 Å². The van der Waals surface area contributed by atoms with Gasteiger partial charge in [-0.1, -0.05) is 0 Å². The average molecular weight is 136 g/mol. The molecule has 0 fully saturated rings. The molecule has 0 aliphatic heterocycles. The lowest BCUT2D eigenvalue weighted by Crippen LogP contribution is -1.68. The summed E-state index contributed by atoms with van der Waals surface area (Å²) in [6, 6.07) is 0. The van der Waals surface area contributed by atoms with Crippen molar-refractivity contribution in [2.75, 3.05) is 0 Å². The molecule has 0 aliphatic carbocycles. The SMILES string of the molecule is Cc1c[nH]c(C)c1N=C=O. The first-order chi connectivity index (χ1) is 4.75. The Morgan fingerprint density at radius 3 is 2.70 bits per heavy atom. The molecule has 0 saturated carbocycles. The minimum atomic E-state index is 0.704. The molecule has 1 aromatic rings. The Balaban J connectivity index is 3.22. The van der Waals surface area contributed by atoms with Crippen LogP contribution in [-0.2, 0) is 4.79 Å². The normalized spacial score (nSPS) is 9.00. The maximum atomic E-state index is 9.87. The summed E-state index contributed by atoms with van der Waals surface area (Å²) in [7, 11) is 0. The van der Waals surface area contributed by atoms with Gasteiger partial charge in [-0.3, -0.25) is 0 Å². The molecule has 3 nitrogen and oxygen atoms in total.